The summed E-state index contributed by atoms with van der Waals surface area (Å²) in [5.41, 5.74) is 0.885. The van der Waals surface area contributed by atoms with Crippen molar-refractivity contribution in [3.8, 4) is 10.6 Å². The number of carbonyl (C=O) groups excluding carboxylic acids is 2. The maximum absolute atomic E-state index is 12.5. The van der Waals surface area contributed by atoms with Gasteiger partial charge in [0, 0.05) is 18.0 Å². The highest BCUT2D eigenvalue weighted by Gasteiger charge is 2.49. The van der Waals surface area contributed by atoms with Crippen molar-refractivity contribution in [3.63, 3.8) is 0 Å². The highest BCUT2D eigenvalue weighted by molar-refractivity contribution is 7.18. The standard InChI is InChI=1S/C15H14N4O2S/c20-13-10-3-1-2-4-11(10)14(21)19(13)15-18-17-12(22-15)9-5-7-16-8-6-9/h5-8,10-11H,1-4H2/t10-,11+. The number of aromatic nitrogens is 3. The molecule has 0 radical (unpaired) electrons. The first kappa shape index (κ1) is 13.5. The van der Waals surface area contributed by atoms with Gasteiger partial charge in [-0.15, -0.1) is 10.2 Å². The molecular formula is C15H14N4O2S. The van der Waals surface area contributed by atoms with Gasteiger partial charge < -0.3 is 0 Å². The SMILES string of the molecule is O=C1[C@H]2CCCC[C@H]2C(=O)N1c1nnc(-c2ccncc2)s1. The lowest BCUT2D eigenvalue weighted by Crippen LogP contribution is -2.30. The number of hydrogen-bond donors (Lipinski definition) is 0. The van der Waals surface area contributed by atoms with Gasteiger partial charge >= 0.3 is 0 Å². The maximum Gasteiger partial charge on any atom is 0.239 e. The van der Waals surface area contributed by atoms with E-state index in [1.54, 1.807) is 12.4 Å². The molecule has 0 N–H and O–H groups in total. The van der Waals surface area contributed by atoms with Crippen LogP contribution in [0.15, 0.2) is 24.5 Å². The number of anilines is 1. The second-order valence-electron chi connectivity index (χ2n) is 5.64. The van der Waals surface area contributed by atoms with Gasteiger partial charge in [0.1, 0.15) is 5.01 Å². The average Bonchev–Trinajstić information content (AvgIpc) is 3.13. The van der Waals surface area contributed by atoms with Gasteiger partial charge in [0.25, 0.3) is 0 Å². The van der Waals surface area contributed by atoms with E-state index in [9.17, 15) is 9.59 Å². The van der Waals surface area contributed by atoms with Crippen molar-refractivity contribution in [1.29, 1.82) is 0 Å². The summed E-state index contributed by atoms with van der Waals surface area (Å²) in [5, 5.41) is 9.25. The Balaban J connectivity index is 1.66. The second kappa shape index (κ2) is 5.24. The molecule has 4 rings (SSSR count). The molecule has 0 aromatic carbocycles. The lowest BCUT2D eigenvalue weighted by Gasteiger charge is -2.19. The molecule has 2 aromatic rings. The molecule has 2 aromatic heterocycles. The van der Waals surface area contributed by atoms with Crippen LogP contribution in [0, 0.1) is 11.8 Å². The topological polar surface area (TPSA) is 76.1 Å². The first-order valence-corrected chi connectivity index (χ1v) is 8.19. The molecule has 1 saturated carbocycles. The van der Waals surface area contributed by atoms with E-state index in [1.165, 1.54) is 16.2 Å². The van der Waals surface area contributed by atoms with Gasteiger partial charge in [-0.3, -0.25) is 14.6 Å². The Labute approximate surface area is 131 Å². The minimum Gasteiger partial charge on any atom is -0.274 e. The van der Waals surface area contributed by atoms with E-state index in [1.807, 2.05) is 12.1 Å². The van der Waals surface area contributed by atoms with E-state index in [-0.39, 0.29) is 23.7 Å². The number of hydrogen-bond acceptors (Lipinski definition) is 6. The zero-order chi connectivity index (χ0) is 15.1. The Bertz CT molecular complexity index is 706. The van der Waals surface area contributed by atoms with Gasteiger partial charge in [0.2, 0.25) is 16.9 Å². The molecule has 1 aliphatic carbocycles. The monoisotopic (exact) mass is 314 g/mol. The van der Waals surface area contributed by atoms with Crippen LogP contribution in [0.25, 0.3) is 10.6 Å². The van der Waals surface area contributed by atoms with E-state index in [4.69, 9.17) is 0 Å². The maximum atomic E-state index is 12.5. The molecule has 6 nitrogen and oxygen atoms in total. The molecule has 22 heavy (non-hydrogen) atoms. The van der Waals surface area contributed by atoms with Crippen molar-refractivity contribution in [1.82, 2.24) is 15.2 Å². The van der Waals surface area contributed by atoms with Gasteiger partial charge in [0.05, 0.1) is 11.8 Å². The summed E-state index contributed by atoms with van der Waals surface area (Å²) in [5.74, 6) is -0.525. The predicted molar refractivity (Wildman–Crippen MR) is 81.1 cm³/mol. The Hall–Kier alpha value is -2.15. The zero-order valence-corrected chi connectivity index (χ0v) is 12.6. The van der Waals surface area contributed by atoms with E-state index in [0.29, 0.717) is 10.1 Å². The van der Waals surface area contributed by atoms with Crippen LogP contribution in [0.5, 0.6) is 0 Å². The molecule has 3 heterocycles. The fraction of sp³-hybridized carbons (Fsp3) is 0.400. The van der Waals surface area contributed by atoms with Crippen molar-refractivity contribution < 1.29 is 9.59 Å². The van der Waals surface area contributed by atoms with E-state index in [2.05, 4.69) is 15.2 Å². The fourth-order valence-corrected chi connectivity index (χ4v) is 4.13. The smallest absolute Gasteiger partial charge is 0.239 e. The third kappa shape index (κ3) is 2.04. The molecular weight excluding hydrogens is 300 g/mol. The summed E-state index contributed by atoms with van der Waals surface area (Å²) in [6, 6.07) is 3.66. The molecule has 2 atom stereocenters. The van der Waals surface area contributed by atoms with Crippen LogP contribution in [0.4, 0.5) is 5.13 Å². The van der Waals surface area contributed by atoms with Gasteiger partial charge in [-0.25, -0.2) is 4.90 Å². The first-order valence-electron chi connectivity index (χ1n) is 7.37. The van der Waals surface area contributed by atoms with Gasteiger partial charge in [-0.2, -0.15) is 0 Å². The van der Waals surface area contributed by atoms with Crippen molar-refractivity contribution in [2.45, 2.75) is 25.7 Å². The number of nitrogens with zero attached hydrogens (tertiary/aromatic N) is 4. The lowest BCUT2D eigenvalue weighted by atomic mass is 9.81. The summed E-state index contributed by atoms with van der Waals surface area (Å²) >= 11 is 1.27. The molecule has 2 aliphatic rings. The summed E-state index contributed by atoms with van der Waals surface area (Å²) in [7, 11) is 0. The van der Waals surface area contributed by atoms with Crippen LogP contribution in [0.3, 0.4) is 0 Å². The van der Waals surface area contributed by atoms with Crippen LogP contribution in [0.2, 0.25) is 0 Å². The average molecular weight is 314 g/mol. The normalized spacial score (nSPS) is 24.6. The van der Waals surface area contributed by atoms with Crippen LogP contribution in [-0.2, 0) is 9.59 Å². The Kier molecular flexibility index (Phi) is 3.22. The highest BCUT2D eigenvalue weighted by Crippen LogP contribution is 2.41. The third-order valence-electron chi connectivity index (χ3n) is 4.37. The molecule has 1 aliphatic heterocycles. The molecule has 1 saturated heterocycles. The van der Waals surface area contributed by atoms with E-state index < -0.39 is 0 Å². The van der Waals surface area contributed by atoms with E-state index >= 15 is 0 Å². The zero-order valence-electron chi connectivity index (χ0n) is 11.8. The minimum absolute atomic E-state index is 0.105. The fourth-order valence-electron chi connectivity index (χ4n) is 3.27. The molecule has 2 fully saturated rings. The number of pyridine rings is 1. The summed E-state index contributed by atoms with van der Waals surface area (Å²) in [4.78, 5) is 30.3. The third-order valence-corrected chi connectivity index (χ3v) is 5.33. The van der Waals surface area contributed by atoms with Gasteiger partial charge in [-0.1, -0.05) is 24.2 Å². The Morgan fingerprint density at radius 1 is 1.00 bits per heavy atom. The largest absolute Gasteiger partial charge is 0.274 e. The summed E-state index contributed by atoms with van der Waals surface area (Å²) < 4.78 is 0. The number of amides is 2. The van der Waals surface area contributed by atoms with Crippen molar-refractivity contribution in [2.24, 2.45) is 11.8 Å². The van der Waals surface area contributed by atoms with Gasteiger partial charge in [0.15, 0.2) is 0 Å². The Morgan fingerprint density at radius 3 is 2.27 bits per heavy atom. The number of fused-ring (bicyclic) bond motifs is 1. The summed E-state index contributed by atoms with van der Waals surface area (Å²) in [6.45, 7) is 0. The molecule has 2 amide bonds. The van der Waals surface area contributed by atoms with Crippen LogP contribution >= 0.6 is 11.3 Å². The quantitative estimate of drug-likeness (QED) is 0.795. The number of carbonyl (C=O) groups is 2. The molecule has 0 spiro atoms. The lowest BCUT2D eigenvalue weighted by molar-refractivity contribution is -0.122. The predicted octanol–water partition coefficient (Wildman–Crippen LogP) is 2.28. The molecule has 112 valence electrons. The van der Waals surface area contributed by atoms with E-state index in [0.717, 1.165) is 31.2 Å². The second-order valence-corrected chi connectivity index (χ2v) is 6.59. The minimum atomic E-state index is -0.158. The van der Waals surface area contributed by atoms with Crippen LogP contribution < -0.4 is 4.90 Å². The molecule has 0 unspecified atom stereocenters. The van der Waals surface area contributed by atoms with Crippen molar-refractivity contribution in [2.75, 3.05) is 4.90 Å². The summed E-state index contributed by atoms with van der Waals surface area (Å²) in [6.07, 6.45) is 7.01. The molecule has 7 heteroatoms. The van der Waals surface area contributed by atoms with Crippen molar-refractivity contribution >= 4 is 28.3 Å². The Morgan fingerprint density at radius 2 is 1.64 bits per heavy atom. The first-order chi connectivity index (χ1) is 10.8. The van der Waals surface area contributed by atoms with Crippen molar-refractivity contribution in [3.05, 3.63) is 24.5 Å². The highest BCUT2D eigenvalue weighted by atomic mass is 32.1. The van der Waals surface area contributed by atoms with Crippen LogP contribution in [0.1, 0.15) is 25.7 Å². The number of imide groups is 1. The van der Waals surface area contributed by atoms with Gasteiger partial charge in [-0.05, 0) is 25.0 Å². The molecule has 0 bridgehead atoms. The van der Waals surface area contributed by atoms with Crippen LogP contribution in [-0.4, -0.2) is 27.0 Å². The number of rotatable bonds is 2.